The third-order valence-electron chi connectivity index (χ3n) is 2.37. The van der Waals surface area contributed by atoms with Crippen molar-refractivity contribution in [2.75, 3.05) is 13.7 Å². The van der Waals surface area contributed by atoms with Crippen LogP contribution in [0.1, 0.15) is 40.5 Å². The summed E-state index contributed by atoms with van der Waals surface area (Å²) < 4.78 is 0. The van der Waals surface area contributed by atoms with Crippen LogP contribution in [0, 0.1) is 0 Å². The molecule has 0 aliphatic rings. The molecule has 0 fully saturated rings. The van der Waals surface area contributed by atoms with E-state index < -0.39 is 0 Å². The number of hydrogen-bond donors (Lipinski definition) is 1. The highest BCUT2D eigenvalue weighted by molar-refractivity contribution is 4.64. The summed E-state index contributed by atoms with van der Waals surface area (Å²) in [6, 6.07) is 0. The second-order valence-corrected chi connectivity index (χ2v) is 3.86. The van der Waals surface area contributed by atoms with Crippen LogP contribution in [-0.2, 0) is 4.84 Å². The molecule has 74 valence electrons. The summed E-state index contributed by atoms with van der Waals surface area (Å²) in [5, 5.41) is 9.89. The van der Waals surface area contributed by atoms with Crippen LogP contribution in [0.4, 0.5) is 0 Å². The van der Waals surface area contributed by atoms with Gasteiger partial charge in [0.1, 0.15) is 13.7 Å². The van der Waals surface area contributed by atoms with Crippen molar-refractivity contribution in [1.82, 2.24) is 0 Å². The molecular formula is C9H22NO2+. The van der Waals surface area contributed by atoms with Gasteiger partial charge in [0.05, 0.1) is 0 Å². The normalized spacial score (nSPS) is 17.5. The van der Waals surface area contributed by atoms with E-state index >= 15 is 0 Å². The van der Waals surface area contributed by atoms with Crippen molar-refractivity contribution in [3.05, 3.63) is 0 Å². The fourth-order valence-electron chi connectivity index (χ4n) is 1.25. The van der Waals surface area contributed by atoms with Crippen LogP contribution < -0.4 is 0 Å². The molecule has 3 nitrogen and oxygen atoms in total. The SMILES string of the molecule is CCCC(C)(C)[N+](C)(O)OCC. The van der Waals surface area contributed by atoms with Crippen LogP contribution in [0.2, 0.25) is 0 Å². The van der Waals surface area contributed by atoms with Gasteiger partial charge in [-0.25, -0.2) is 0 Å². The van der Waals surface area contributed by atoms with Crippen molar-refractivity contribution in [3.8, 4) is 0 Å². The number of hydroxylamine groups is 4. The third-order valence-corrected chi connectivity index (χ3v) is 2.37. The van der Waals surface area contributed by atoms with E-state index in [0.717, 1.165) is 12.8 Å². The van der Waals surface area contributed by atoms with Crippen molar-refractivity contribution < 1.29 is 14.9 Å². The van der Waals surface area contributed by atoms with Gasteiger partial charge in [0, 0.05) is 6.42 Å². The Kier molecular flexibility index (Phi) is 4.17. The van der Waals surface area contributed by atoms with E-state index in [0.29, 0.717) is 6.61 Å². The van der Waals surface area contributed by atoms with Gasteiger partial charge in [0.25, 0.3) is 0 Å². The molecule has 0 saturated carbocycles. The molecule has 12 heavy (non-hydrogen) atoms. The molecule has 0 saturated heterocycles. The largest absolute Gasteiger partial charge is 0.182 e. The molecular weight excluding hydrogens is 154 g/mol. The van der Waals surface area contributed by atoms with Crippen LogP contribution in [-0.4, -0.2) is 29.2 Å². The Morgan fingerprint density at radius 2 is 1.83 bits per heavy atom. The lowest BCUT2D eigenvalue weighted by atomic mass is 9.98. The Bertz CT molecular complexity index is 116. The first-order chi connectivity index (χ1) is 5.37. The van der Waals surface area contributed by atoms with E-state index in [4.69, 9.17) is 4.84 Å². The number of hydrogen-bond acceptors (Lipinski definition) is 2. The molecule has 0 rings (SSSR count). The van der Waals surface area contributed by atoms with Gasteiger partial charge in [-0.1, -0.05) is 13.3 Å². The summed E-state index contributed by atoms with van der Waals surface area (Å²) in [6.45, 7) is 8.53. The molecule has 3 heteroatoms. The summed E-state index contributed by atoms with van der Waals surface area (Å²) >= 11 is 0. The fraction of sp³-hybridized carbons (Fsp3) is 1.00. The average molecular weight is 176 g/mol. The first-order valence-electron chi connectivity index (χ1n) is 4.61. The van der Waals surface area contributed by atoms with Crippen molar-refractivity contribution in [2.24, 2.45) is 0 Å². The minimum Gasteiger partial charge on any atom is -0.182 e. The lowest BCUT2D eigenvalue weighted by molar-refractivity contribution is -1.26. The van der Waals surface area contributed by atoms with Gasteiger partial charge in [-0.3, -0.25) is 0 Å². The Morgan fingerprint density at radius 3 is 2.17 bits per heavy atom. The second kappa shape index (κ2) is 4.21. The van der Waals surface area contributed by atoms with Gasteiger partial charge in [0.2, 0.25) is 0 Å². The van der Waals surface area contributed by atoms with Gasteiger partial charge in [-0.15, -0.1) is 0 Å². The first-order valence-corrected chi connectivity index (χ1v) is 4.61. The Balaban J connectivity index is 4.28. The van der Waals surface area contributed by atoms with Gasteiger partial charge in [-0.05, 0) is 25.6 Å². The second-order valence-electron chi connectivity index (χ2n) is 3.86. The number of rotatable bonds is 5. The lowest BCUT2D eigenvalue weighted by Crippen LogP contribution is -2.56. The molecule has 0 aromatic heterocycles. The van der Waals surface area contributed by atoms with Crippen molar-refractivity contribution >= 4 is 0 Å². The smallest absolute Gasteiger partial charge is 0.156 e. The summed E-state index contributed by atoms with van der Waals surface area (Å²) in [7, 11) is 1.68. The maximum Gasteiger partial charge on any atom is 0.156 e. The zero-order chi connectivity index (χ0) is 9.83. The lowest BCUT2D eigenvalue weighted by Gasteiger charge is -2.37. The number of nitrogens with zero attached hydrogens (tertiary/aromatic N) is 1. The molecule has 0 aliphatic carbocycles. The average Bonchev–Trinajstić information content (AvgIpc) is 1.86. The summed E-state index contributed by atoms with van der Waals surface area (Å²) in [6.07, 6.45) is 1.99. The molecule has 0 bridgehead atoms. The van der Waals surface area contributed by atoms with Crippen LogP contribution in [0.25, 0.3) is 0 Å². The predicted octanol–water partition coefficient (Wildman–Crippen LogP) is 2.35. The molecule has 0 aromatic carbocycles. The van der Waals surface area contributed by atoms with Crippen molar-refractivity contribution in [2.45, 2.75) is 46.1 Å². The standard InChI is InChI=1S/C9H22NO2/c1-6-8-9(3,4)10(5,11)12-7-2/h11H,6-8H2,1-5H3/q+1. The highest BCUT2D eigenvalue weighted by atomic mass is 16.9. The molecule has 0 aliphatic heterocycles. The highest BCUT2D eigenvalue weighted by Crippen LogP contribution is 2.25. The maximum absolute atomic E-state index is 9.89. The fourth-order valence-corrected chi connectivity index (χ4v) is 1.25. The molecule has 1 N–H and O–H groups in total. The molecule has 1 unspecified atom stereocenters. The minimum absolute atomic E-state index is 0.231. The topological polar surface area (TPSA) is 29.5 Å². The van der Waals surface area contributed by atoms with Gasteiger partial charge in [-0.2, -0.15) is 10.0 Å². The summed E-state index contributed by atoms with van der Waals surface area (Å²) in [5.74, 6) is 0. The first kappa shape index (κ1) is 11.9. The van der Waals surface area contributed by atoms with Crippen LogP contribution in [0.3, 0.4) is 0 Å². The highest BCUT2D eigenvalue weighted by Gasteiger charge is 2.41. The van der Waals surface area contributed by atoms with E-state index in [1.54, 1.807) is 7.05 Å². The minimum atomic E-state index is -0.350. The third kappa shape index (κ3) is 2.73. The van der Waals surface area contributed by atoms with Gasteiger partial charge >= 0.3 is 0 Å². The van der Waals surface area contributed by atoms with Gasteiger partial charge in [0.15, 0.2) is 5.54 Å². The van der Waals surface area contributed by atoms with Crippen molar-refractivity contribution in [3.63, 3.8) is 0 Å². The van der Waals surface area contributed by atoms with Crippen LogP contribution in [0.15, 0.2) is 0 Å². The Labute approximate surface area is 75.4 Å². The number of quaternary nitrogens is 1. The summed E-state index contributed by atoms with van der Waals surface area (Å²) in [4.78, 5) is 4.89. The van der Waals surface area contributed by atoms with E-state index in [1.807, 2.05) is 20.8 Å². The quantitative estimate of drug-likeness (QED) is 0.514. The van der Waals surface area contributed by atoms with Crippen LogP contribution >= 0.6 is 0 Å². The van der Waals surface area contributed by atoms with E-state index in [1.165, 1.54) is 0 Å². The predicted molar refractivity (Wildman–Crippen MR) is 48.6 cm³/mol. The van der Waals surface area contributed by atoms with E-state index in [2.05, 4.69) is 6.92 Å². The summed E-state index contributed by atoms with van der Waals surface area (Å²) in [5.41, 5.74) is -0.231. The Hall–Kier alpha value is -0.120. The van der Waals surface area contributed by atoms with Crippen LogP contribution in [0.5, 0.6) is 0 Å². The van der Waals surface area contributed by atoms with Crippen molar-refractivity contribution in [1.29, 1.82) is 0 Å². The molecule has 0 radical (unpaired) electrons. The zero-order valence-electron chi connectivity index (χ0n) is 8.92. The van der Waals surface area contributed by atoms with Gasteiger partial charge < -0.3 is 0 Å². The maximum atomic E-state index is 9.89. The Morgan fingerprint density at radius 1 is 1.33 bits per heavy atom. The molecule has 0 spiro atoms. The molecule has 0 heterocycles. The van der Waals surface area contributed by atoms with E-state index in [9.17, 15) is 5.21 Å². The molecule has 1 atom stereocenters. The molecule has 0 aromatic rings. The van der Waals surface area contributed by atoms with E-state index in [-0.39, 0.29) is 10.3 Å². The zero-order valence-corrected chi connectivity index (χ0v) is 8.92. The monoisotopic (exact) mass is 176 g/mol. The molecule has 0 amide bonds.